The number of fused-ring (bicyclic) bond motifs is 1. The molecule has 1 aliphatic heterocycles. The zero-order chi connectivity index (χ0) is 12.3. The maximum absolute atomic E-state index is 11.6. The summed E-state index contributed by atoms with van der Waals surface area (Å²) in [6.07, 6.45) is 2.14. The number of hydrogen-bond acceptors (Lipinski definition) is 4. The Morgan fingerprint density at radius 2 is 2.12 bits per heavy atom. The van der Waals surface area contributed by atoms with Gasteiger partial charge in [-0.25, -0.2) is 4.79 Å². The molecule has 0 aromatic heterocycles. The van der Waals surface area contributed by atoms with Gasteiger partial charge < -0.3 is 20.2 Å². The molecular weight excluding hydrogens is 224 g/mol. The van der Waals surface area contributed by atoms with Crippen LogP contribution in [0.15, 0.2) is 35.1 Å². The van der Waals surface area contributed by atoms with Crippen molar-refractivity contribution < 1.29 is 18.7 Å². The van der Waals surface area contributed by atoms with Crippen LogP contribution in [-0.4, -0.2) is 18.7 Å². The molecule has 0 spiro atoms. The van der Waals surface area contributed by atoms with Gasteiger partial charge in [0.2, 0.25) is 0 Å². The van der Waals surface area contributed by atoms with Gasteiger partial charge in [-0.05, 0) is 23.8 Å². The van der Waals surface area contributed by atoms with Crippen LogP contribution in [0.25, 0.3) is 11.1 Å². The van der Waals surface area contributed by atoms with E-state index in [0.29, 0.717) is 5.56 Å². The molecule has 6 heteroatoms. The van der Waals surface area contributed by atoms with Crippen molar-refractivity contribution in [3.8, 4) is 11.1 Å². The highest BCUT2D eigenvalue weighted by Gasteiger charge is 2.12. The van der Waals surface area contributed by atoms with Crippen LogP contribution in [-0.2, 0) is 4.74 Å². The molecule has 17 heavy (non-hydrogen) atoms. The van der Waals surface area contributed by atoms with Crippen molar-refractivity contribution in [2.75, 3.05) is 6.73 Å². The molecule has 0 aromatic carbocycles. The van der Waals surface area contributed by atoms with Crippen LogP contribution in [0.3, 0.4) is 0 Å². The molecular formula is C11H10N2O4. The van der Waals surface area contributed by atoms with E-state index >= 15 is 0 Å². The van der Waals surface area contributed by atoms with E-state index in [1.54, 1.807) is 24.5 Å². The molecule has 0 saturated heterocycles. The van der Waals surface area contributed by atoms with Gasteiger partial charge in [0.1, 0.15) is 0 Å². The van der Waals surface area contributed by atoms with E-state index in [9.17, 15) is 9.59 Å². The van der Waals surface area contributed by atoms with E-state index < -0.39 is 6.09 Å². The SMILES string of the molecule is NC(=O)OCNC(=O)c1cc2ccocc-2c1. The quantitative estimate of drug-likeness (QED) is 0.779. The zero-order valence-corrected chi connectivity index (χ0v) is 8.80. The maximum Gasteiger partial charge on any atom is 0.406 e. The second-order valence-electron chi connectivity index (χ2n) is 3.32. The van der Waals surface area contributed by atoms with E-state index in [2.05, 4.69) is 10.1 Å². The first kappa shape index (κ1) is 11.0. The van der Waals surface area contributed by atoms with Gasteiger partial charge in [0.15, 0.2) is 6.73 Å². The van der Waals surface area contributed by atoms with Crippen molar-refractivity contribution in [1.82, 2.24) is 5.32 Å². The van der Waals surface area contributed by atoms with Crippen LogP contribution in [0.4, 0.5) is 4.79 Å². The predicted molar refractivity (Wildman–Crippen MR) is 58.3 cm³/mol. The number of hydrogen-bond donors (Lipinski definition) is 2. The van der Waals surface area contributed by atoms with E-state index in [0.717, 1.165) is 11.1 Å². The summed E-state index contributed by atoms with van der Waals surface area (Å²) >= 11 is 0. The molecule has 88 valence electrons. The van der Waals surface area contributed by atoms with Gasteiger partial charge in [-0.15, -0.1) is 0 Å². The van der Waals surface area contributed by atoms with Gasteiger partial charge >= 0.3 is 6.09 Å². The summed E-state index contributed by atoms with van der Waals surface area (Å²) in [5, 5.41) is 2.40. The smallest absolute Gasteiger partial charge is 0.406 e. The van der Waals surface area contributed by atoms with Gasteiger partial charge in [0, 0.05) is 11.1 Å². The second kappa shape index (κ2) is 4.56. The number of carbonyl (C=O) groups excluding carboxylic acids is 2. The molecule has 3 N–H and O–H groups in total. The number of primary amides is 1. The van der Waals surface area contributed by atoms with Crippen LogP contribution >= 0.6 is 0 Å². The fourth-order valence-corrected chi connectivity index (χ4v) is 1.42. The number of carbonyl (C=O) groups is 2. The van der Waals surface area contributed by atoms with Crippen molar-refractivity contribution in [2.24, 2.45) is 5.73 Å². The molecule has 0 radical (unpaired) electrons. The summed E-state index contributed by atoms with van der Waals surface area (Å²) in [5.74, 6) is -0.345. The minimum atomic E-state index is -0.934. The standard InChI is InChI=1S/C11H10N2O4/c12-11(15)17-6-13-10(14)8-3-7-1-2-16-5-9(7)4-8/h1-5H,6H2,(H2,12,15)(H,13,14). The summed E-state index contributed by atoms with van der Waals surface area (Å²) in [6, 6.07) is 5.15. The maximum atomic E-state index is 11.6. The molecule has 2 aliphatic rings. The third kappa shape index (κ3) is 2.54. The highest BCUT2D eigenvalue weighted by molar-refractivity contribution is 5.97. The Kier molecular flexibility index (Phi) is 2.95. The summed E-state index contributed by atoms with van der Waals surface area (Å²) in [4.78, 5) is 21.9. The normalized spacial score (nSPS) is 10.1. The summed E-state index contributed by atoms with van der Waals surface area (Å²) in [7, 11) is 0. The van der Waals surface area contributed by atoms with Crippen LogP contribution < -0.4 is 11.1 Å². The zero-order valence-electron chi connectivity index (χ0n) is 8.80. The number of nitrogens with two attached hydrogens (primary N) is 1. The lowest BCUT2D eigenvalue weighted by Crippen LogP contribution is -2.29. The lowest BCUT2D eigenvalue weighted by atomic mass is 10.2. The molecule has 6 nitrogen and oxygen atoms in total. The van der Waals surface area contributed by atoms with E-state index in [1.165, 1.54) is 6.26 Å². The number of rotatable bonds is 3. The fraction of sp³-hybridized carbons (Fsp3) is 0.0909. The molecule has 2 rings (SSSR count). The molecule has 1 aliphatic carbocycles. The Labute approximate surface area is 96.7 Å². The first-order valence-corrected chi connectivity index (χ1v) is 4.83. The molecule has 0 bridgehead atoms. The van der Waals surface area contributed by atoms with Gasteiger partial charge in [-0.2, -0.15) is 0 Å². The minimum absolute atomic E-state index is 0.250. The average molecular weight is 234 g/mol. The van der Waals surface area contributed by atoms with Gasteiger partial charge in [0.05, 0.1) is 12.5 Å². The van der Waals surface area contributed by atoms with E-state index in [-0.39, 0.29) is 12.6 Å². The van der Waals surface area contributed by atoms with Gasteiger partial charge in [0.25, 0.3) is 5.91 Å². The fourth-order valence-electron chi connectivity index (χ4n) is 1.42. The third-order valence-electron chi connectivity index (χ3n) is 2.19. The molecule has 0 fully saturated rings. The van der Waals surface area contributed by atoms with E-state index in [1.807, 2.05) is 0 Å². The van der Waals surface area contributed by atoms with Crippen LogP contribution in [0.1, 0.15) is 10.4 Å². The number of ether oxygens (including phenoxy) is 1. The Morgan fingerprint density at radius 3 is 2.82 bits per heavy atom. The first-order valence-electron chi connectivity index (χ1n) is 4.83. The third-order valence-corrected chi connectivity index (χ3v) is 2.19. The Bertz CT molecular complexity index is 490. The van der Waals surface area contributed by atoms with Crippen LogP contribution in [0.5, 0.6) is 0 Å². The highest BCUT2D eigenvalue weighted by atomic mass is 16.6. The van der Waals surface area contributed by atoms with Crippen molar-refractivity contribution >= 4 is 12.0 Å². The van der Waals surface area contributed by atoms with Crippen molar-refractivity contribution in [1.29, 1.82) is 0 Å². The molecule has 0 aromatic rings. The Hall–Kier alpha value is -2.50. The molecule has 1 heterocycles. The molecule has 2 amide bonds. The van der Waals surface area contributed by atoms with Crippen LogP contribution in [0, 0.1) is 0 Å². The van der Waals surface area contributed by atoms with E-state index in [4.69, 9.17) is 10.2 Å². The highest BCUT2D eigenvalue weighted by Crippen LogP contribution is 2.25. The first-order chi connectivity index (χ1) is 8.16. The summed E-state index contributed by atoms with van der Waals surface area (Å²) in [5.41, 5.74) is 6.95. The average Bonchev–Trinajstić information content (AvgIpc) is 2.71. The monoisotopic (exact) mass is 234 g/mol. The lowest BCUT2D eigenvalue weighted by molar-refractivity contribution is 0.0885. The molecule has 0 saturated carbocycles. The summed E-state index contributed by atoms with van der Waals surface area (Å²) < 4.78 is 9.37. The Balaban J connectivity index is 2.04. The van der Waals surface area contributed by atoms with Crippen LogP contribution in [0.2, 0.25) is 0 Å². The van der Waals surface area contributed by atoms with Crippen molar-refractivity contribution in [2.45, 2.75) is 0 Å². The Morgan fingerprint density at radius 1 is 1.35 bits per heavy atom. The van der Waals surface area contributed by atoms with Crippen molar-refractivity contribution in [3.63, 3.8) is 0 Å². The van der Waals surface area contributed by atoms with Gasteiger partial charge in [-0.3, -0.25) is 4.79 Å². The lowest BCUT2D eigenvalue weighted by Gasteiger charge is -2.02. The van der Waals surface area contributed by atoms with Crippen molar-refractivity contribution in [3.05, 3.63) is 36.3 Å². The second-order valence-corrected chi connectivity index (χ2v) is 3.32. The molecule has 0 unspecified atom stereocenters. The van der Waals surface area contributed by atoms with Gasteiger partial charge in [-0.1, -0.05) is 0 Å². The largest absolute Gasteiger partial charge is 0.472 e. The summed E-state index contributed by atoms with van der Waals surface area (Å²) in [6.45, 7) is -0.250. The topological polar surface area (TPSA) is 94.6 Å². The molecule has 0 atom stereocenters. The minimum Gasteiger partial charge on any atom is -0.472 e. The number of nitrogens with one attached hydrogen (secondary N) is 1. The number of amides is 2. The predicted octanol–water partition coefficient (Wildman–Crippen LogP) is 1.17.